The van der Waals surface area contributed by atoms with E-state index in [1.54, 1.807) is 0 Å². The number of benzene rings is 5. The minimum Gasteiger partial charge on any atom is -0.460 e. The van der Waals surface area contributed by atoms with Gasteiger partial charge in [-0.2, -0.15) is 0 Å². The third-order valence-electron chi connectivity index (χ3n) is 7.43. The van der Waals surface area contributed by atoms with Gasteiger partial charge in [0.05, 0.1) is 5.69 Å². The number of nitrogens with zero attached hydrogens (tertiary/aromatic N) is 1. The number of allylic oxidation sites excluding steroid dienone is 4. The van der Waals surface area contributed by atoms with Crippen LogP contribution in [-0.4, -0.2) is 0 Å². The molecule has 1 unspecified atom stereocenters. The van der Waals surface area contributed by atoms with Crippen LogP contribution in [0.25, 0.3) is 16.7 Å². The highest BCUT2D eigenvalue weighted by Gasteiger charge is 2.33. The lowest BCUT2D eigenvalue weighted by molar-refractivity contribution is 0.429. The SMILES string of the molecule is C1=CC(c2ccccc2N(c2ccccc2)c2ccc(-c3ccccc3)cc2)=C2Oc3ccccc3C2C1. The fraction of sp³-hybridized carbons (Fsp3) is 0.0556. The van der Waals surface area contributed by atoms with Crippen LogP contribution >= 0.6 is 0 Å². The number of anilines is 3. The van der Waals surface area contributed by atoms with Gasteiger partial charge in [-0.3, -0.25) is 0 Å². The molecule has 0 spiro atoms. The minimum atomic E-state index is 0.259. The Hall–Kier alpha value is -4.82. The Morgan fingerprint density at radius 1 is 0.579 bits per heavy atom. The van der Waals surface area contributed by atoms with Gasteiger partial charge in [-0.15, -0.1) is 0 Å². The molecule has 1 atom stereocenters. The van der Waals surface area contributed by atoms with E-state index in [0.29, 0.717) is 0 Å². The summed E-state index contributed by atoms with van der Waals surface area (Å²) in [6.07, 6.45) is 5.48. The Morgan fingerprint density at radius 3 is 2.03 bits per heavy atom. The van der Waals surface area contributed by atoms with Gasteiger partial charge in [-0.25, -0.2) is 0 Å². The molecule has 2 nitrogen and oxygen atoms in total. The second kappa shape index (κ2) is 9.57. The first-order valence-electron chi connectivity index (χ1n) is 13.1. The van der Waals surface area contributed by atoms with Gasteiger partial charge in [0.25, 0.3) is 0 Å². The van der Waals surface area contributed by atoms with E-state index < -0.39 is 0 Å². The van der Waals surface area contributed by atoms with Gasteiger partial charge in [0.1, 0.15) is 11.5 Å². The first-order chi connectivity index (χ1) is 18.9. The molecule has 1 aliphatic heterocycles. The Morgan fingerprint density at radius 2 is 1.21 bits per heavy atom. The molecular formula is C36H27NO. The molecule has 0 amide bonds. The molecule has 0 radical (unpaired) electrons. The zero-order valence-electron chi connectivity index (χ0n) is 21.0. The molecule has 0 bridgehead atoms. The van der Waals surface area contributed by atoms with E-state index in [-0.39, 0.29) is 5.92 Å². The van der Waals surface area contributed by atoms with Crippen molar-refractivity contribution in [2.24, 2.45) is 0 Å². The molecule has 1 heterocycles. The molecule has 0 N–H and O–H groups in total. The van der Waals surface area contributed by atoms with E-state index in [9.17, 15) is 0 Å². The highest BCUT2D eigenvalue weighted by Crippen LogP contribution is 2.50. The van der Waals surface area contributed by atoms with Crippen molar-refractivity contribution in [2.75, 3.05) is 4.90 Å². The predicted octanol–water partition coefficient (Wildman–Crippen LogP) is 9.67. The molecule has 0 fully saturated rings. The van der Waals surface area contributed by atoms with Gasteiger partial charge >= 0.3 is 0 Å². The molecule has 182 valence electrons. The van der Waals surface area contributed by atoms with E-state index in [4.69, 9.17) is 4.74 Å². The lowest BCUT2D eigenvalue weighted by Crippen LogP contribution is -2.13. The summed E-state index contributed by atoms with van der Waals surface area (Å²) in [5, 5.41) is 0. The summed E-state index contributed by atoms with van der Waals surface area (Å²) in [4.78, 5) is 2.34. The molecule has 0 saturated carbocycles. The van der Waals surface area contributed by atoms with Crippen molar-refractivity contribution < 1.29 is 4.74 Å². The maximum absolute atomic E-state index is 6.50. The van der Waals surface area contributed by atoms with E-state index in [1.165, 1.54) is 16.7 Å². The van der Waals surface area contributed by atoms with Gasteiger partial charge in [0.2, 0.25) is 0 Å². The fourth-order valence-corrected chi connectivity index (χ4v) is 5.63. The number of para-hydroxylation sites is 3. The molecule has 38 heavy (non-hydrogen) atoms. The van der Waals surface area contributed by atoms with Crippen LogP contribution in [0.2, 0.25) is 0 Å². The summed E-state index contributed by atoms with van der Waals surface area (Å²) in [6.45, 7) is 0. The largest absolute Gasteiger partial charge is 0.460 e. The van der Waals surface area contributed by atoms with Crippen LogP contribution in [0.3, 0.4) is 0 Å². The fourth-order valence-electron chi connectivity index (χ4n) is 5.63. The van der Waals surface area contributed by atoms with E-state index >= 15 is 0 Å². The summed E-state index contributed by atoms with van der Waals surface area (Å²) >= 11 is 0. The predicted molar refractivity (Wildman–Crippen MR) is 157 cm³/mol. The summed E-state index contributed by atoms with van der Waals surface area (Å²) in [5.41, 5.74) is 9.36. The van der Waals surface area contributed by atoms with Crippen LogP contribution in [0.5, 0.6) is 5.75 Å². The quantitative estimate of drug-likeness (QED) is 0.244. The molecule has 5 aromatic rings. The Bertz CT molecular complexity index is 1650. The van der Waals surface area contributed by atoms with Crippen molar-refractivity contribution in [1.82, 2.24) is 0 Å². The Balaban J connectivity index is 1.37. The number of hydrogen-bond donors (Lipinski definition) is 0. The van der Waals surface area contributed by atoms with Crippen molar-refractivity contribution in [3.8, 4) is 16.9 Å². The van der Waals surface area contributed by atoms with Crippen molar-refractivity contribution in [3.63, 3.8) is 0 Å². The maximum atomic E-state index is 6.50. The van der Waals surface area contributed by atoms with E-state index in [2.05, 4.69) is 144 Å². The maximum Gasteiger partial charge on any atom is 0.130 e. The second-order valence-electron chi connectivity index (χ2n) is 9.71. The van der Waals surface area contributed by atoms with E-state index in [1.807, 2.05) is 6.07 Å². The Labute approximate surface area is 223 Å². The van der Waals surface area contributed by atoms with Crippen LogP contribution in [0, 0.1) is 0 Å². The van der Waals surface area contributed by atoms with Gasteiger partial charge in [0, 0.05) is 34.0 Å². The zero-order valence-corrected chi connectivity index (χ0v) is 21.0. The third kappa shape index (κ3) is 3.91. The Kier molecular flexibility index (Phi) is 5.64. The summed E-state index contributed by atoms with van der Waals surface area (Å²) in [5.74, 6) is 2.28. The highest BCUT2D eigenvalue weighted by atomic mass is 16.5. The average molecular weight is 490 g/mol. The first kappa shape index (κ1) is 22.4. The van der Waals surface area contributed by atoms with Crippen LogP contribution in [-0.2, 0) is 0 Å². The number of hydrogen-bond acceptors (Lipinski definition) is 2. The third-order valence-corrected chi connectivity index (χ3v) is 7.43. The smallest absolute Gasteiger partial charge is 0.130 e. The van der Waals surface area contributed by atoms with Crippen LogP contribution in [0.15, 0.2) is 151 Å². The minimum absolute atomic E-state index is 0.259. The van der Waals surface area contributed by atoms with Crippen LogP contribution in [0.4, 0.5) is 17.1 Å². The van der Waals surface area contributed by atoms with Crippen molar-refractivity contribution in [2.45, 2.75) is 12.3 Å². The molecule has 2 heteroatoms. The standard InChI is InChI=1S/C36H27NO/c1-3-12-26(13-4-1)27-22-24-29(25-23-27)37(28-14-5-2-6-15-28)34-20-9-7-16-30(34)32-18-11-19-33-31-17-8-10-21-35(31)38-36(32)33/h1-18,20-25,33H,19H2. The lowest BCUT2D eigenvalue weighted by atomic mass is 9.86. The van der Waals surface area contributed by atoms with Crippen molar-refractivity contribution >= 4 is 22.6 Å². The van der Waals surface area contributed by atoms with Gasteiger partial charge < -0.3 is 9.64 Å². The van der Waals surface area contributed by atoms with Gasteiger partial charge in [0.15, 0.2) is 0 Å². The zero-order chi connectivity index (χ0) is 25.3. The first-order valence-corrected chi connectivity index (χ1v) is 13.1. The van der Waals surface area contributed by atoms with Gasteiger partial charge in [-0.1, -0.05) is 109 Å². The monoisotopic (exact) mass is 489 g/mol. The van der Waals surface area contributed by atoms with E-state index in [0.717, 1.165) is 46.1 Å². The normalized spacial score (nSPS) is 15.5. The molecule has 7 rings (SSSR count). The molecule has 0 saturated heterocycles. The number of ether oxygens (including phenoxy) is 1. The van der Waals surface area contributed by atoms with Gasteiger partial charge in [-0.05, 0) is 53.9 Å². The molecule has 2 aliphatic rings. The van der Waals surface area contributed by atoms with Crippen LogP contribution < -0.4 is 9.64 Å². The van der Waals surface area contributed by atoms with Crippen molar-refractivity contribution in [1.29, 1.82) is 0 Å². The molecule has 5 aromatic carbocycles. The second-order valence-corrected chi connectivity index (χ2v) is 9.71. The van der Waals surface area contributed by atoms with Crippen LogP contribution in [0.1, 0.15) is 23.5 Å². The summed E-state index contributed by atoms with van der Waals surface area (Å²) in [6, 6.07) is 47.0. The number of rotatable bonds is 5. The highest BCUT2D eigenvalue weighted by molar-refractivity contribution is 5.91. The average Bonchev–Trinajstić information content (AvgIpc) is 3.38. The topological polar surface area (TPSA) is 12.5 Å². The summed E-state index contributed by atoms with van der Waals surface area (Å²) < 4.78 is 6.50. The number of fused-ring (bicyclic) bond motifs is 3. The van der Waals surface area contributed by atoms with Crippen molar-refractivity contribution in [3.05, 3.63) is 162 Å². The molecular weight excluding hydrogens is 462 g/mol. The summed E-state index contributed by atoms with van der Waals surface area (Å²) in [7, 11) is 0. The molecule has 1 aliphatic carbocycles. The molecule has 0 aromatic heterocycles. The lowest BCUT2D eigenvalue weighted by Gasteiger charge is -2.29.